The molecule has 0 saturated heterocycles. The highest BCUT2D eigenvalue weighted by Crippen LogP contribution is 2.71. The minimum atomic E-state index is 0.343. The monoisotopic (exact) mass is 528 g/mol. The molecule has 0 aromatic rings. The molecule has 4 rings (SSSR count). The first-order valence-corrected chi connectivity index (χ1v) is 14.7. The van der Waals surface area contributed by atoms with Crippen molar-refractivity contribution in [2.75, 3.05) is 0 Å². The minimum absolute atomic E-state index is 0.343. The molecule has 0 aromatic heterocycles. The highest BCUT2D eigenvalue weighted by atomic mass is 79.9. The third kappa shape index (κ3) is 3.65. The summed E-state index contributed by atoms with van der Waals surface area (Å²) < 4.78 is 0.343. The summed E-state index contributed by atoms with van der Waals surface area (Å²) in [6, 6.07) is 0. The molecule has 0 unspecified atom stereocenters. The Morgan fingerprint density at radius 2 is 1.62 bits per heavy atom. The number of hydrogen-bond donors (Lipinski definition) is 0. The maximum Gasteiger partial charge on any atom is 0.0439 e. The van der Waals surface area contributed by atoms with Crippen LogP contribution in [-0.2, 0) is 0 Å². The molecule has 4 aliphatic carbocycles. The van der Waals surface area contributed by atoms with E-state index in [4.69, 9.17) is 0 Å². The lowest BCUT2D eigenvalue weighted by atomic mass is 9.44. The largest absolute Gasteiger partial charge is 0.0875 e. The Morgan fingerprint density at radius 1 is 0.897 bits per heavy atom. The van der Waals surface area contributed by atoms with Crippen molar-refractivity contribution in [3.05, 3.63) is 0 Å². The van der Waals surface area contributed by atoms with Crippen LogP contribution in [0.2, 0.25) is 0 Å². The van der Waals surface area contributed by atoms with Crippen molar-refractivity contribution in [2.24, 2.45) is 46.3 Å². The smallest absolute Gasteiger partial charge is 0.0439 e. The lowest BCUT2D eigenvalue weighted by Gasteiger charge is -2.65. The number of rotatable bonds is 5. The summed E-state index contributed by atoms with van der Waals surface area (Å²) >= 11 is 8.61. The molecule has 0 radical (unpaired) electrons. The van der Waals surface area contributed by atoms with Crippen LogP contribution in [0.4, 0.5) is 0 Å². The third-order valence-corrected chi connectivity index (χ3v) is 14.5. The Labute approximate surface area is 198 Å². The molecule has 4 aliphatic rings. The van der Waals surface area contributed by atoms with Gasteiger partial charge in [0.15, 0.2) is 0 Å². The quantitative estimate of drug-likeness (QED) is 0.311. The van der Waals surface area contributed by atoms with Crippen molar-refractivity contribution in [3.8, 4) is 0 Å². The van der Waals surface area contributed by atoms with E-state index in [1.54, 1.807) is 0 Å². The number of halogens is 2. The molecule has 0 heterocycles. The van der Waals surface area contributed by atoms with E-state index in [0.29, 0.717) is 20.0 Å². The minimum Gasteiger partial charge on any atom is -0.0875 e. The van der Waals surface area contributed by atoms with Crippen LogP contribution < -0.4 is 0 Å². The summed E-state index contributed by atoms with van der Waals surface area (Å²) in [5.41, 5.74) is 1.10. The van der Waals surface area contributed by atoms with Gasteiger partial charge in [-0.25, -0.2) is 0 Å². The first-order valence-electron chi connectivity index (χ1n) is 13.0. The molecular formula is C27H46Br2. The number of fused-ring (bicyclic) bond motifs is 5. The van der Waals surface area contributed by atoms with E-state index in [9.17, 15) is 0 Å². The van der Waals surface area contributed by atoms with Gasteiger partial charge in [0, 0.05) is 9.15 Å². The van der Waals surface area contributed by atoms with Gasteiger partial charge in [-0.15, -0.1) is 0 Å². The lowest BCUT2D eigenvalue weighted by molar-refractivity contribution is -0.0975. The summed E-state index contributed by atoms with van der Waals surface area (Å²) in [6.45, 7) is 12.8. The molecule has 0 amide bonds. The molecular weight excluding hydrogens is 484 g/mol. The molecule has 0 N–H and O–H groups in total. The fourth-order valence-corrected chi connectivity index (χ4v) is 11.4. The lowest BCUT2D eigenvalue weighted by Crippen LogP contribution is -2.63. The van der Waals surface area contributed by atoms with Crippen molar-refractivity contribution in [3.63, 3.8) is 0 Å². The van der Waals surface area contributed by atoms with E-state index in [1.165, 1.54) is 77.0 Å². The van der Waals surface area contributed by atoms with Crippen molar-refractivity contribution in [2.45, 2.75) is 121 Å². The molecule has 9 atom stereocenters. The molecule has 0 bridgehead atoms. The zero-order chi connectivity index (χ0) is 21.0. The summed E-state index contributed by atoms with van der Waals surface area (Å²) in [7, 11) is 0. The maximum absolute atomic E-state index is 4.37. The average Bonchev–Trinajstić information content (AvgIpc) is 3.01. The average molecular weight is 530 g/mol. The van der Waals surface area contributed by atoms with Gasteiger partial charge in [0.25, 0.3) is 0 Å². The van der Waals surface area contributed by atoms with E-state index < -0.39 is 0 Å². The van der Waals surface area contributed by atoms with Crippen LogP contribution in [0, 0.1) is 46.3 Å². The summed E-state index contributed by atoms with van der Waals surface area (Å²) in [4.78, 5) is 0.659. The topological polar surface area (TPSA) is 0 Å². The zero-order valence-electron chi connectivity index (χ0n) is 19.8. The molecule has 0 aliphatic heterocycles. The highest BCUT2D eigenvalue weighted by Gasteiger charge is 2.65. The van der Waals surface area contributed by atoms with Gasteiger partial charge in [0.2, 0.25) is 0 Å². The van der Waals surface area contributed by atoms with E-state index >= 15 is 0 Å². The molecule has 168 valence electrons. The fourth-order valence-electron chi connectivity index (χ4n) is 9.23. The van der Waals surface area contributed by atoms with E-state index in [1.807, 2.05) is 0 Å². The van der Waals surface area contributed by atoms with Crippen LogP contribution in [0.25, 0.3) is 0 Å². The Hall–Kier alpha value is 0.960. The fraction of sp³-hybridized carbons (Fsp3) is 1.00. The molecule has 4 fully saturated rings. The van der Waals surface area contributed by atoms with Crippen LogP contribution >= 0.6 is 31.9 Å². The van der Waals surface area contributed by atoms with Crippen molar-refractivity contribution >= 4 is 31.9 Å². The van der Waals surface area contributed by atoms with Gasteiger partial charge in [-0.2, -0.15) is 0 Å². The predicted octanol–water partition coefficient (Wildman–Crippen LogP) is 9.39. The van der Waals surface area contributed by atoms with Gasteiger partial charge < -0.3 is 0 Å². The first kappa shape index (κ1) is 23.1. The SMILES string of the molecule is CC(C)CCC[C@@H](C)[C@H]1CC[C@H]2[C@@H]3C[C@@H](Br)[C@@]4(Br)CCCC[C@]4(C)[C@H]3CC[C@]12C. The van der Waals surface area contributed by atoms with E-state index in [0.717, 1.165) is 35.5 Å². The molecule has 2 heteroatoms. The number of hydrogen-bond acceptors (Lipinski definition) is 0. The second-order valence-electron chi connectivity index (χ2n) is 12.6. The second-order valence-corrected chi connectivity index (χ2v) is 15.1. The third-order valence-electron chi connectivity index (χ3n) is 10.9. The van der Waals surface area contributed by atoms with Crippen LogP contribution in [-0.4, -0.2) is 9.15 Å². The molecule has 0 aromatic carbocycles. The van der Waals surface area contributed by atoms with Crippen LogP contribution in [0.1, 0.15) is 112 Å². The van der Waals surface area contributed by atoms with Gasteiger partial charge in [-0.1, -0.05) is 98.6 Å². The molecule has 29 heavy (non-hydrogen) atoms. The van der Waals surface area contributed by atoms with Crippen LogP contribution in [0.15, 0.2) is 0 Å². The first-order chi connectivity index (χ1) is 13.6. The van der Waals surface area contributed by atoms with Gasteiger partial charge >= 0.3 is 0 Å². The van der Waals surface area contributed by atoms with Gasteiger partial charge in [-0.3, -0.25) is 0 Å². The molecule has 0 nitrogen and oxygen atoms in total. The van der Waals surface area contributed by atoms with Gasteiger partial charge in [0.05, 0.1) is 0 Å². The van der Waals surface area contributed by atoms with Crippen LogP contribution in [0.5, 0.6) is 0 Å². The Morgan fingerprint density at radius 3 is 2.34 bits per heavy atom. The van der Waals surface area contributed by atoms with Crippen molar-refractivity contribution in [1.82, 2.24) is 0 Å². The molecule has 0 spiro atoms. The number of alkyl halides is 2. The summed E-state index contributed by atoms with van der Waals surface area (Å²) in [5, 5.41) is 0. The van der Waals surface area contributed by atoms with E-state index in [-0.39, 0.29) is 0 Å². The van der Waals surface area contributed by atoms with Gasteiger partial charge in [-0.05, 0) is 91.3 Å². The summed E-state index contributed by atoms with van der Waals surface area (Å²) in [5.74, 6) is 5.65. The van der Waals surface area contributed by atoms with Gasteiger partial charge in [0.1, 0.15) is 0 Å². The summed E-state index contributed by atoms with van der Waals surface area (Å²) in [6.07, 6.45) is 17.4. The second kappa shape index (κ2) is 8.39. The van der Waals surface area contributed by atoms with Crippen molar-refractivity contribution in [1.29, 1.82) is 0 Å². The molecule has 4 saturated carbocycles. The van der Waals surface area contributed by atoms with Crippen LogP contribution in [0.3, 0.4) is 0 Å². The zero-order valence-corrected chi connectivity index (χ0v) is 23.0. The van der Waals surface area contributed by atoms with Crippen molar-refractivity contribution < 1.29 is 0 Å². The normalized spacial score (nSPS) is 50.7. The Balaban J connectivity index is 1.53. The highest BCUT2D eigenvalue weighted by molar-refractivity contribution is 9.12. The predicted molar refractivity (Wildman–Crippen MR) is 134 cm³/mol. The maximum atomic E-state index is 4.37. The van der Waals surface area contributed by atoms with E-state index in [2.05, 4.69) is 66.5 Å². The standard InChI is InChI=1S/C27H46Br2/c1-18(2)9-8-10-19(3)21-11-12-22-20-17-24(28)27(29)15-7-6-14-26(27,5)23(20)13-16-25(21,22)4/h18-24H,6-17H2,1-5H3/t19-,20+,21-,22+,23+,24-,25-,26-,27+/m1/s1. The Kier molecular flexibility index (Phi) is 6.69. The Bertz CT molecular complexity index is 587.